The van der Waals surface area contributed by atoms with Gasteiger partial charge in [0, 0.05) is 11.8 Å². The molecule has 0 bridgehead atoms. The van der Waals surface area contributed by atoms with Crippen LogP contribution in [0.4, 0.5) is 10.5 Å². The van der Waals surface area contributed by atoms with Gasteiger partial charge in [0.05, 0.1) is 23.6 Å². The smallest absolute Gasteiger partial charge is 0.319 e. The monoisotopic (exact) mass is 291 g/mol. The minimum atomic E-state index is -0.950. The first-order chi connectivity index (χ1) is 9.95. The number of nitrogens with one attached hydrogen (secondary N) is 2. The largest absolute Gasteiger partial charge is 0.468 e. The summed E-state index contributed by atoms with van der Waals surface area (Å²) in [5.41, 5.74) is 0.161. The minimum Gasteiger partial charge on any atom is -0.468 e. The number of carbonyl (C=O) groups excluding carboxylic acids is 2. The molecular formula is C13H13N3O5. The van der Waals surface area contributed by atoms with Crippen LogP contribution in [-0.2, 0) is 9.53 Å². The molecule has 1 aliphatic rings. The third kappa shape index (κ3) is 2.69. The molecule has 21 heavy (non-hydrogen) atoms. The number of benzene rings is 1. The van der Waals surface area contributed by atoms with E-state index in [9.17, 15) is 19.7 Å². The molecule has 1 heterocycles. The highest BCUT2D eigenvalue weighted by atomic mass is 16.6. The Hall–Kier alpha value is -2.90. The van der Waals surface area contributed by atoms with Crippen molar-refractivity contribution < 1.29 is 19.2 Å². The van der Waals surface area contributed by atoms with E-state index in [-0.39, 0.29) is 16.9 Å². The highest BCUT2D eigenvalue weighted by Gasteiger charge is 2.41. The van der Waals surface area contributed by atoms with Crippen LogP contribution in [0.3, 0.4) is 0 Å². The molecule has 0 aromatic heterocycles. The van der Waals surface area contributed by atoms with E-state index in [0.29, 0.717) is 0 Å². The lowest BCUT2D eigenvalue weighted by Gasteiger charge is -2.32. The molecule has 0 saturated carbocycles. The summed E-state index contributed by atoms with van der Waals surface area (Å²) in [6.07, 6.45) is 0. The number of esters is 1. The summed E-state index contributed by atoms with van der Waals surface area (Å²) >= 11 is 0. The number of carbonyl (C=O) groups is 2. The number of rotatable bonds is 3. The number of amides is 2. The molecule has 0 aliphatic carbocycles. The van der Waals surface area contributed by atoms with Crippen molar-refractivity contribution in [2.45, 2.75) is 6.04 Å². The highest BCUT2D eigenvalue weighted by Crippen LogP contribution is 2.34. The average molecular weight is 291 g/mol. The molecule has 0 spiro atoms. The van der Waals surface area contributed by atoms with Gasteiger partial charge in [-0.25, -0.2) is 4.79 Å². The molecule has 1 aromatic carbocycles. The van der Waals surface area contributed by atoms with Gasteiger partial charge in [-0.15, -0.1) is 0 Å². The maximum atomic E-state index is 11.9. The zero-order valence-corrected chi connectivity index (χ0v) is 11.2. The Labute approximate surface area is 119 Å². The van der Waals surface area contributed by atoms with Gasteiger partial charge in [-0.3, -0.25) is 14.9 Å². The molecule has 2 unspecified atom stereocenters. The fraction of sp³-hybridized carbons (Fsp3) is 0.231. The Kier molecular flexibility index (Phi) is 3.88. The van der Waals surface area contributed by atoms with Crippen molar-refractivity contribution in [3.05, 3.63) is 52.2 Å². The lowest BCUT2D eigenvalue weighted by Crippen LogP contribution is -2.51. The lowest BCUT2D eigenvalue weighted by atomic mass is 9.88. The van der Waals surface area contributed by atoms with Crippen LogP contribution in [0.5, 0.6) is 0 Å². The summed E-state index contributed by atoms with van der Waals surface area (Å²) in [4.78, 5) is 34.0. The average Bonchev–Trinajstić information content (AvgIpc) is 2.45. The van der Waals surface area contributed by atoms with Gasteiger partial charge in [0.2, 0.25) is 0 Å². The number of hydrogen-bond acceptors (Lipinski definition) is 5. The number of methoxy groups -OCH3 is 1. The Balaban J connectivity index is 2.52. The van der Waals surface area contributed by atoms with E-state index >= 15 is 0 Å². The van der Waals surface area contributed by atoms with Crippen molar-refractivity contribution in [1.82, 2.24) is 10.6 Å². The predicted molar refractivity (Wildman–Crippen MR) is 72.2 cm³/mol. The Morgan fingerprint density at radius 2 is 2.10 bits per heavy atom. The normalized spacial score (nSPS) is 21.2. The minimum absolute atomic E-state index is 0.133. The summed E-state index contributed by atoms with van der Waals surface area (Å²) in [7, 11) is 1.20. The fourth-order valence-corrected chi connectivity index (χ4v) is 2.26. The van der Waals surface area contributed by atoms with Crippen molar-refractivity contribution in [3.63, 3.8) is 0 Å². The summed E-state index contributed by atoms with van der Waals surface area (Å²) in [5, 5.41) is 16.0. The summed E-state index contributed by atoms with van der Waals surface area (Å²) in [5.74, 6) is -1.59. The summed E-state index contributed by atoms with van der Waals surface area (Å²) in [6.45, 7) is 3.62. The Bertz CT molecular complexity index is 628. The van der Waals surface area contributed by atoms with E-state index in [1.165, 1.54) is 25.3 Å². The van der Waals surface area contributed by atoms with Crippen LogP contribution in [0, 0.1) is 16.0 Å². The molecule has 2 N–H and O–H groups in total. The molecule has 1 aromatic rings. The number of para-hydroxylation sites is 1. The first-order valence-electron chi connectivity index (χ1n) is 6.03. The van der Waals surface area contributed by atoms with Gasteiger partial charge in [-0.1, -0.05) is 24.8 Å². The van der Waals surface area contributed by atoms with Crippen LogP contribution in [-0.4, -0.2) is 24.0 Å². The number of nitro groups is 1. The maximum absolute atomic E-state index is 11.9. The maximum Gasteiger partial charge on any atom is 0.319 e. The van der Waals surface area contributed by atoms with Gasteiger partial charge in [0.15, 0.2) is 0 Å². The number of nitro benzene ring substituents is 1. The van der Waals surface area contributed by atoms with E-state index in [0.717, 1.165) is 0 Å². The molecule has 1 aliphatic heterocycles. The van der Waals surface area contributed by atoms with Gasteiger partial charge < -0.3 is 15.4 Å². The predicted octanol–water partition coefficient (Wildman–Crippen LogP) is 1.25. The molecule has 2 rings (SSSR count). The van der Waals surface area contributed by atoms with Crippen molar-refractivity contribution in [1.29, 1.82) is 0 Å². The van der Waals surface area contributed by atoms with Gasteiger partial charge in [-0.2, -0.15) is 0 Å². The van der Waals surface area contributed by atoms with Gasteiger partial charge in [0.25, 0.3) is 5.69 Å². The second-order valence-corrected chi connectivity index (χ2v) is 4.42. The first kappa shape index (κ1) is 14.5. The van der Waals surface area contributed by atoms with Crippen LogP contribution < -0.4 is 10.6 Å². The van der Waals surface area contributed by atoms with E-state index < -0.39 is 28.9 Å². The standard InChI is InChI=1S/C13H13N3O5/c1-7-10(12(17)21-2)11(15-13(18)14-7)8-5-3-4-6-9(8)16(19)20/h3-6,10-11H,1H2,2H3,(H2,14,15,18). The Morgan fingerprint density at radius 3 is 2.71 bits per heavy atom. The topological polar surface area (TPSA) is 111 Å². The molecule has 0 radical (unpaired) electrons. The van der Waals surface area contributed by atoms with Gasteiger partial charge in [-0.05, 0) is 0 Å². The first-order valence-corrected chi connectivity index (χ1v) is 6.03. The number of hydrogen-bond donors (Lipinski definition) is 2. The van der Waals surface area contributed by atoms with Crippen LogP contribution in [0.1, 0.15) is 11.6 Å². The molecule has 8 nitrogen and oxygen atoms in total. The van der Waals surface area contributed by atoms with Crippen LogP contribution in [0.15, 0.2) is 36.5 Å². The molecular weight excluding hydrogens is 278 g/mol. The van der Waals surface area contributed by atoms with Gasteiger partial charge >= 0.3 is 12.0 Å². The quantitative estimate of drug-likeness (QED) is 0.494. The van der Waals surface area contributed by atoms with Crippen LogP contribution in [0.2, 0.25) is 0 Å². The fourth-order valence-electron chi connectivity index (χ4n) is 2.26. The Morgan fingerprint density at radius 1 is 1.43 bits per heavy atom. The van der Waals surface area contributed by atoms with Crippen LogP contribution in [0.25, 0.3) is 0 Å². The number of ether oxygens (including phenoxy) is 1. The zero-order chi connectivity index (χ0) is 15.6. The zero-order valence-electron chi connectivity index (χ0n) is 11.2. The summed E-state index contributed by atoms with van der Waals surface area (Å²) in [6, 6.07) is 4.39. The van der Waals surface area contributed by atoms with E-state index in [1.54, 1.807) is 6.07 Å². The SMILES string of the molecule is C=C1NC(=O)NC(c2ccccc2[N+](=O)[O-])C1C(=O)OC. The number of nitrogens with zero attached hydrogens (tertiary/aromatic N) is 1. The molecule has 8 heteroatoms. The molecule has 2 amide bonds. The molecule has 110 valence electrons. The molecule has 1 fully saturated rings. The lowest BCUT2D eigenvalue weighted by molar-refractivity contribution is -0.385. The van der Waals surface area contributed by atoms with E-state index in [4.69, 9.17) is 0 Å². The molecule has 2 atom stereocenters. The van der Waals surface area contributed by atoms with Crippen molar-refractivity contribution in [3.8, 4) is 0 Å². The second kappa shape index (κ2) is 5.61. The van der Waals surface area contributed by atoms with E-state index in [1.807, 2.05) is 0 Å². The third-order valence-electron chi connectivity index (χ3n) is 3.19. The van der Waals surface area contributed by atoms with Crippen LogP contribution >= 0.6 is 0 Å². The second-order valence-electron chi connectivity index (χ2n) is 4.42. The highest BCUT2D eigenvalue weighted by molar-refractivity contribution is 5.85. The third-order valence-corrected chi connectivity index (χ3v) is 3.19. The van der Waals surface area contributed by atoms with Crippen molar-refractivity contribution in [2.24, 2.45) is 5.92 Å². The van der Waals surface area contributed by atoms with Crippen molar-refractivity contribution in [2.75, 3.05) is 7.11 Å². The van der Waals surface area contributed by atoms with E-state index in [2.05, 4.69) is 21.9 Å². The number of urea groups is 1. The van der Waals surface area contributed by atoms with Gasteiger partial charge in [0.1, 0.15) is 5.92 Å². The van der Waals surface area contributed by atoms with Crippen molar-refractivity contribution >= 4 is 17.7 Å². The summed E-state index contributed by atoms with van der Waals surface area (Å²) < 4.78 is 4.69. The molecule has 1 saturated heterocycles.